The summed E-state index contributed by atoms with van der Waals surface area (Å²) in [6, 6.07) is 2.55. The molecule has 0 aromatic carbocycles. The van der Waals surface area contributed by atoms with Gasteiger partial charge in [0.2, 0.25) is 0 Å². The molecular formula is C7H12N2. The van der Waals surface area contributed by atoms with Crippen molar-refractivity contribution in [1.29, 1.82) is 5.26 Å². The normalized spacial score (nSPS) is 34.2. The van der Waals surface area contributed by atoms with Crippen molar-refractivity contribution in [3.8, 4) is 6.07 Å². The first-order valence-electron chi connectivity index (χ1n) is 3.45. The second-order valence-corrected chi connectivity index (χ2v) is 2.80. The molecule has 0 aromatic heterocycles. The molecule has 0 aromatic rings. The maximum Gasteiger partial charge on any atom is 0.0624 e. The zero-order valence-corrected chi connectivity index (χ0v) is 5.51. The lowest BCUT2D eigenvalue weighted by Crippen LogP contribution is -2.14. The molecule has 1 aliphatic rings. The summed E-state index contributed by atoms with van der Waals surface area (Å²) < 4.78 is 0. The van der Waals surface area contributed by atoms with E-state index in [0.717, 1.165) is 19.3 Å². The van der Waals surface area contributed by atoms with Gasteiger partial charge in [-0.3, -0.25) is 0 Å². The number of rotatable bonds is 1. The van der Waals surface area contributed by atoms with Gasteiger partial charge in [0.15, 0.2) is 0 Å². The molecule has 1 unspecified atom stereocenters. The first-order chi connectivity index (χ1) is 4.33. The Morgan fingerprint density at radius 1 is 1.56 bits per heavy atom. The summed E-state index contributed by atoms with van der Waals surface area (Å²) in [4.78, 5) is 0. The van der Waals surface area contributed by atoms with E-state index < -0.39 is 0 Å². The van der Waals surface area contributed by atoms with Crippen LogP contribution in [0, 0.1) is 17.2 Å². The van der Waals surface area contributed by atoms with Crippen LogP contribution in [-0.4, -0.2) is 6.04 Å². The second kappa shape index (κ2) is 2.84. The van der Waals surface area contributed by atoms with E-state index in [1.807, 2.05) is 0 Å². The molecule has 0 heterocycles. The topological polar surface area (TPSA) is 49.8 Å². The molecule has 0 amide bonds. The largest absolute Gasteiger partial charge is 0.328 e. The van der Waals surface area contributed by atoms with E-state index in [1.165, 1.54) is 0 Å². The Kier molecular flexibility index (Phi) is 2.07. The van der Waals surface area contributed by atoms with Crippen LogP contribution >= 0.6 is 0 Å². The highest BCUT2D eigenvalue weighted by atomic mass is 14.6. The predicted molar refractivity (Wildman–Crippen MR) is 35.5 cm³/mol. The minimum atomic E-state index is 0.378. The highest BCUT2D eigenvalue weighted by molar-refractivity contribution is 4.84. The fraction of sp³-hybridized carbons (Fsp3) is 0.857. The van der Waals surface area contributed by atoms with Gasteiger partial charge in [0.25, 0.3) is 0 Å². The number of nitrogens with zero attached hydrogens (tertiary/aromatic N) is 1. The van der Waals surface area contributed by atoms with Crippen molar-refractivity contribution < 1.29 is 0 Å². The van der Waals surface area contributed by atoms with E-state index >= 15 is 0 Å². The summed E-state index contributed by atoms with van der Waals surface area (Å²) in [5.74, 6) is 0.602. The van der Waals surface area contributed by atoms with E-state index in [4.69, 9.17) is 11.0 Å². The zero-order chi connectivity index (χ0) is 6.69. The van der Waals surface area contributed by atoms with Crippen LogP contribution in [-0.2, 0) is 0 Å². The first kappa shape index (κ1) is 6.57. The summed E-state index contributed by atoms with van der Waals surface area (Å²) in [5, 5.41) is 8.32. The summed E-state index contributed by atoms with van der Waals surface area (Å²) >= 11 is 0. The van der Waals surface area contributed by atoms with Crippen LogP contribution in [0.5, 0.6) is 0 Å². The molecule has 2 N–H and O–H groups in total. The SMILES string of the molecule is N#CC[C@H]1CCC(N)C1. The van der Waals surface area contributed by atoms with Crippen molar-refractivity contribution in [2.24, 2.45) is 11.7 Å². The van der Waals surface area contributed by atoms with Gasteiger partial charge in [0.05, 0.1) is 6.07 Å². The first-order valence-corrected chi connectivity index (χ1v) is 3.45. The number of hydrogen-bond donors (Lipinski definition) is 1. The molecule has 1 saturated carbocycles. The monoisotopic (exact) mass is 124 g/mol. The zero-order valence-electron chi connectivity index (χ0n) is 5.51. The number of hydrogen-bond acceptors (Lipinski definition) is 2. The molecule has 1 rings (SSSR count). The van der Waals surface area contributed by atoms with Gasteiger partial charge in [0.1, 0.15) is 0 Å². The van der Waals surface area contributed by atoms with Crippen LogP contribution in [0.2, 0.25) is 0 Å². The van der Waals surface area contributed by atoms with E-state index in [0.29, 0.717) is 18.4 Å². The van der Waals surface area contributed by atoms with Crippen LogP contribution in [0.4, 0.5) is 0 Å². The molecule has 1 fully saturated rings. The third-order valence-corrected chi connectivity index (χ3v) is 1.96. The quantitative estimate of drug-likeness (QED) is 0.567. The van der Waals surface area contributed by atoms with Gasteiger partial charge in [-0.25, -0.2) is 0 Å². The van der Waals surface area contributed by atoms with Gasteiger partial charge in [-0.2, -0.15) is 5.26 Å². The Labute approximate surface area is 55.7 Å². The average molecular weight is 124 g/mol. The predicted octanol–water partition coefficient (Wildman–Crippen LogP) is 1.03. The molecule has 0 spiro atoms. The minimum Gasteiger partial charge on any atom is -0.328 e. The van der Waals surface area contributed by atoms with Crippen molar-refractivity contribution in [3.63, 3.8) is 0 Å². The van der Waals surface area contributed by atoms with Crippen LogP contribution in [0.3, 0.4) is 0 Å². The molecule has 2 heteroatoms. The van der Waals surface area contributed by atoms with Crippen molar-refractivity contribution in [2.75, 3.05) is 0 Å². The summed E-state index contributed by atoms with van der Waals surface area (Å²) in [6.07, 6.45) is 4.04. The van der Waals surface area contributed by atoms with Crippen LogP contribution < -0.4 is 5.73 Å². The van der Waals surface area contributed by atoms with Crippen molar-refractivity contribution in [3.05, 3.63) is 0 Å². The van der Waals surface area contributed by atoms with Crippen LogP contribution in [0.1, 0.15) is 25.7 Å². The van der Waals surface area contributed by atoms with E-state index in [1.54, 1.807) is 0 Å². The molecule has 0 bridgehead atoms. The standard InChI is InChI=1S/C7H12N2/c8-4-3-6-1-2-7(9)5-6/h6-7H,1-3,5,9H2/t6-,7?/m1/s1. The summed E-state index contributed by atoms with van der Waals surface area (Å²) in [7, 11) is 0. The van der Waals surface area contributed by atoms with E-state index in [-0.39, 0.29) is 0 Å². The second-order valence-electron chi connectivity index (χ2n) is 2.80. The van der Waals surface area contributed by atoms with E-state index in [2.05, 4.69) is 6.07 Å². The molecule has 9 heavy (non-hydrogen) atoms. The van der Waals surface area contributed by atoms with Crippen molar-refractivity contribution in [2.45, 2.75) is 31.7 Å². The summed E-state index contributed by atoms with van der Waals surface area (Å²) in [5.41, 5.74) is 5.65. The van der Waals surface area contributed by atoms with Gasteiger partial charge in [-0.05, 0) is 25.2 Å². The Hall–Kier alpha value is -0.550. The van der Waals surface area contributed by atoms with Gasteiger partial charge in [0, 0.05) is 12.5 Å². The number of nitrogens with two attached hydrogens (primary N) is 1. The summed E-state index contributed by atoms with van der Waals surface area (Å²) in [6.45, 7) is 0. The van der Waals surface area contributed by atoms with Crippen molar-refractivity contribution in [1.82, 2.24) is 0 Å². The van der Waals surface area contributed by atoms with E-state index in [9.17, 15) is 0 Å². The molecule has 0 saturated heterocycles. The Morgan fingerprint density at radius 2 is 2.33 bits per heavy atom. The minimum absolute atomic E-state index is 0.378. The molecule has 2 nitrogen and oxygen atoms in total. The van der Waals surface area contributed by atoms with Crippen LogP contribution in [0.25, 0.3) is 0 Å². The van der Waals surface area contributed by atoms with Gasteiger partial charge in [-0.1, -0.05) is 0 Å². The third-order valence-electron chi connectivity index (χ3n) is 1.96. The lowest BCUT2D eigenvalue weighted by molar-refractivity contribution is 0.551. The maximum atomic E-state index is 8.32. The highest BCUT2D eigenvalue weighted by Crippen LogP contribution is 2.26. The highest BCUT2D eigenvalue weighted by Gasteiger charge is 2.20. The fourth-order valence-electron chi connectivity index (χ4n) is 1.43. The lowest BCUT2D eigenvalue weighted by Gasteiger charge is -2.00. The third kappa shape index (κ3) is 1.69. The lowest BCUT2D eigenvalue weighted by atomic mass is 10.1. The fourth-order valence-corrected chi connectivity index (χ4v) is 1.43. The molecule has 0 radical (unpaired) electrons. The van der Waals surface area contributed by atoms with Crippen LogP contribution in [0.15, 0.2) is 0 Å². The maximum absolute atomic E-state index is 8.32. The molecule has 1 aliphatic carbocycles. The molecule has 50 valence electrons. The van der Waals surface area contributed by atoms with Crippen molar-refractivity contribution >= 4 is 0 Å². The Balaban J connectivity index is 2.24. The van der Waals surface area contributed by atoms with Gasteiger partial charge in [-0.15, -0.1) is 0 Å². The van der Waals surface area contributed by atoms with Gasteiger partial charge < -0.3 is 5.73 Å². The average Bonchev–Trinajstić information content (AvgIpc) is 2.17. The molecular weight excluding hydrogens is 112 g/mol. The smallest absolute Gasteiger partial charge is 0.0624 e. The molecule has 0 aliphatic heterocycles. The Bertz CT molecular complexity index is 125. The van der Waals surface area contributed by atoms with Gasteiger partial charge >= 0.3 is 0 Å². The number of nitriles is 1. The Morgan fingerprint density at radius 3 is 2.78 bits per heavy atom. The molecule has 2 atom stereocenters.